The molecule has 0 fully saturated rings. The Labute approximate surface area is 131 Å². The Morgan fingerprint density at radius 3 is 2.57 bits per heavy atom. The normalized spacial score (nSPS) is 10.9. The van der Waals surface area contributed by atoms with Crippen molar-refractivity contribution in [1.82, 2.24) is 10.3 Å². The smallest absolute Gasteiger partial charge is 0.140 e. The molecule has 4 heteroatoms. The van der Waals surface area contributed by atoms with E-state index in [9.17, 15) is 0 Å². The van der Waals surface area contributed by atoms with Gasteiger partial charge in [0.15, 0.2) is 0 Å². The molecule has 114 valence electrons. The lowest BCUT2D eigenvalue weighted by atomic mass is 10.1. The van der Waals surface area contributed by atoms with Crippen LogP contribution in [0, 0.1) is 13.8 Å². The molecule has 0 radical (unpaired) electrons. The first-order valence-corrected chi connectivity index (χ1v) is 8.28. The summed E-state index contributed by atoms with van der Waals surface area (Å²) >= 11 is 1.76. The second-order valence-corrected chi connectivity index (χ2v) is 6.44. The Balaban J connectivity index is 2.11. The van der Waals surface area contributed by atoms with Crippen LogP contribution >= 0.6 is 11.3 Å². The molecular formula is C17H24N2OS. The SMILES string of the molecule is CCCc1nc(COc2c(C)cccc2C)sc1CNC. The Kier molecular flexibility index (Phi) is 5.76. The third-order valence-electron chi connectivity index (χ3n) is 3.40. The summed E-state index contributed by atoms with van der Waals surface area (Å²) in [7, 11) is 1.97. The molecule has 0 saturated carbocycles. The van der Waals surface area contributed by atoms with Crippen molar-refractivity contribution < 1.29 is 4.74 Å². The molecule has 1 aromatic carbocycles. The van der Waals surface area contributed by atoms with Crippen LogP contribution in [0.25, 0.3) is 0 Å². The number of rotatable bonds is 7. The van der Waals surface area contributed by atoms with Gasteiger partial charge in [-0.2, -0.15) is 0 Å². The third-order valence-corrected chi connectivity index (χ3v) is 4.47. The van der Waals surface area contributed by atoms with Gasteiger partial charge in [-0.25, -0.2) is 4.98 Å². The number of benzene rings is 1. The molecule has 0 aliphatic rings. The van der Waals surface area contributed by atoms with E-state index >= 15 is 0 Å². The van der Waals surface area contributed by atoms with E-state index in [1.165, 1.54) is 21.7 Å². The van der Waals surface area contributed by atoms with Crippen LogP contribution in [0.15, 0.2) is 18.2 Å². The average Bonchev–Trinajstić information content (AvgIpc) is 2.81. The minimum atomic E-state index is 0.552. The molecule has 2 rings (SSSR count). The molecule has 0 aliphatic carbocycles. The molecule has 0 aliphatic heterocycles. The summed E-state index contributed by atoms with van der Waals surface area (Å²) < 4.78 is 6.01. The van der Waals surface area contributed by atoms with E-state index in [0.29, 0.717) is 6.61 Å². The van der Waals surface area contributed by atoms with Gasteiger partial charge in [0, 0.05) is 11.4 Å². The Hall–Kier alpha value is -1.39. The average molecular weight is 304 g/mol. The molecule has 1 aromatic heterocycles. The van der Waals surface area contributed by atoms with E-state index in [0.717, 1.165) is 30.1 Å². The van der Waals surface area contributed by atoms with Gasteiger partial charge in [0.2, 0.25) is 0 Å². The molecule has 2 aromatic rings. The third kappa shape index (κ3) is 4.05. The number of aromatic nitrogens is 1. The number of thiazole rings is 1. The maximum atomic E-state index is 6.01. The van der Waals surface area contributed by atoms with Gasteiger partial charge < -0.3 is 10.1 Å². The zero-order valence-corrected chi connectivity index (χ0v) is 14.1. The highest BCUT2D eigenvalue weighted by Crippen LogP contribution is 2.25. The maximum absolute atomic E-state index is 6.01. The molecule has 0 bridgehead atoms. The zero-order valence-electron chi connectivity index (χ0n) is 13.3. The molecule has 0 saturated heterocycles. The Morgan fingerprint density at radius 1 is 1.24 bits per heavy atom. The minimum absolute atomic E-state index is 0.552. The predicted octanol–water partition coefficient (Wildman–Crippen LogP) is 4.01. The number of ether oxygens (including phenoxy) is 1. The summed E-state index contributed by atoms with van der Waals surface area (Å²) in [6.07, 6.45) is 2.16. The lowest BCUT2D eigenvalue weighted by molar-refractivity contribution is 0.301. The first-order chi connectivity index (χ1) is 10.2. The molecule has 0 atom stereocenters. The van der Waals surface area contributed by atoms with Crippen molar-refractivity contribution in [3.8, 4) is 5.75 Å². The number of aryl methyl sites for hydroxylation is 3. The van der Waals surface area contributed by atoms with Gasteiger partial charge in [0.05, 0.1) is 5.69 Å². The van der Waals surface area contributed by atoms with Gasteiger partial charge in [0.1, 0.15) is 17.4 Å². The fourth-order valence-corrected chi connectivity index (χ4v) is 3.43. The van der Waals surface area contributed by atoms with Crippen LogP contribution in [0.5, 0.6) is 5.75 Å². The van der Waals surface area contributed by atoms with Crippen LogP contribution in [-0.4, -0.2) is 12.0 Å². The van der Waals surface area contributed by atoms with Gasteiger partial charge in [0.25, 0.3) is 0 Å². The lowest BCUT2D eigenvalue weighted by Gasteiger charge is -2.10. The number of nitrogens with zero attached hydrogens (tertiary/aromatic N) is 1. The van der Waals surface area contributed by atoms with E-state index in [4.69, 9.17) is 9.72 Å². The van der Waals surface area contributed by atoms with Crippen molar-refractivity contribution in [3.05, 3.63) is 44.9 Å². The standard InChI is InChI=1S/C17H24N2OS/c1-5-7-14-15(10-18-4)21-16(19-14)11-20-17-12(2)8-6-9-13(17)3/h6,8-9,18H,5,7,10-11H2,1-4H3. The molecule has 3 nitrogen and oxygen atoms in total. The van der Waals surface area contributed by atoms with Crippen molar-refractivity contribution >= 4 is 11.3 Å². The van der Waals surface area contributed by atoms with Crippen LogP contribution in [0.3, 0.4) is 0 Å². The highest BCUT2D eigenvalue weighted by atomic mass is 32.1. The van der Waals surface area contributed by atoms with Crippen LogP contribution in [-0.2, 0) is 19.6 Å². The highest BCUT2D eigenvalue weighted by molar-refractivity contribution is 7.11. The van der Waals surface area contributed by atoms with Gasteiger partial charge >= 0.3 is 0 Å². The quantitative estimate of drug-likeness (QED) is 0.839. The van der Waals surface area contributed by atoms with E-state index in [1.807, 2.05) is 7.05 Å². The summed E-state index contributed by atoms with van der Waals surface area (Å²) in [5.41, 5.74) is 3.57. The van der Waals surface area contributed by atoms with Gasteiger partial charge in [-0.15, -0.1) is 11.3 Å². The summed E-state index contributed by atoms with van der Waals surface area (Å²) in [6, 6.07) is 6.23. The second-order valence-electron chi connectivity index (χ2n) is 5.27. The predicted molar refractivity (Wildman–Crippen MR) is 89.1 cm³/mol. The largest absolute Gasteiger partial charge is 0.486 e. The molecule has 0 amide bonds. The molecule has 1 N–H and O–H groups in total. The Morgan fingerprint density at radius 2 is 1.95 bits per heavy atom. The van der Waals surface area contributed by atoms with Crippen molar-refractivity contribution in [2.45, 2.75) is 46.8 Å². The zero-order chi connectivity index (χ0) is 15.2. The van der Waals surface area contributed by atoms with Crippen LogP contribution in [0.1, 0.15) is 40.1 Å². The van der Waals surface area contributed by atoms with E-state index in [2.05, 4.69) is 44.3 Å². The lowest BCUT2D eigenvalue weighted by Crippen LogP contribution is -2.05. The second kappa shape index (κ2) is 7.57. The molecular weight excluding hydrogens is 280 g/mol. The topological polar surface area (TPSA) is 34.1 Å². The van der Waals surface area contributed by atoms with Gasteiger partial charge in [-0.05, 0) is 38.4 Å². The van der Waals surface area contributed by atoms with Crippen LogP contribution in [0.4, 0.5) is 0 Å². The van der Waals surface area contributed by atoms with E-state index in [-0.39, 0.29) is 0 Å². The van der Waals surface area contributed by atoms with Crippen LogP contribution < -0.4 is 10.1 Å². The number of nitrogens with one attached hydrogen (secondary N) is 1. The summed E-state index contributed by atoms with van der Waals surface area (Å²) in [5.74, 6) is 0.986. The highest BCUT2D eigenvalue weighted by Gasteiger charge is 2.11. The summed E-state index contributed by atoms with van der Waals surface area (Å²) in [6.45, 7) is 7.79. The molecule has 1 heterocycles. The van der Waals surface area contributed by atoms with Gasteiger partial charge in [-0.1, -0.05) is 31.5 Å². The molecule has 21 heavy (non-hydrogen) atoms. The number of hydrogen-bond acceptors (Lipinski definition) is 4. The number of para-hydroxylation sites is 1. The van der Waals surface area contributed by atoms with Crippen molar-refractivity contribution in [2.24, 2.45) is 0 Å². The maximum Gasteiger partial charge on any atom is 0.140 e. The monoisotopic (exact) mass is 304 g/mol. The fraction of sp³-hybridized carbons (Fsp3) is 0.471. The molecule has 0 unspecified atom stereocenters. The first kappa shape index (κ1) is 16.0. The first-order valence-electron chi connectivity index (χ1n) is 7.46. The summed E-state index contributed by atoms with van der Waals surface area (Å²) in [4.78, 5) is 6.08. The van der Waals surface area contributed by atoms with E-state index < -0.39 is 0 Å². The van der Waals surface area contributed by atoms with Crippen molar-refractivity contribution in [2.75, 3.05) is 7.05 Å². The number of hydrogen-bond donors (Lipinski definition) is 1. The van der Waals surface area contributed by atoms with Crippen molar-refractivity contribution in [1.29, 1.82) is 0 Å². The fourth-order valence-electron chi connectivity index (χ4n) is 2.39. The van der Waals surface area contributed by atoms with Crippen LogP contribution in [0.2, 0.25) is 0 Å². The minimum Gasteiger partial charge on any atom is -0.486 e. The Bertz CT molecular complexity index is 549. The van der Waals surface area contributed by atoms with Gasteiger partial charge in [-0.3, -0.25) is 0 Å². The van der Waals surface area contributed by atoms with Crippen molar-refractivity contribution in [3.63, 3.8) is 0 Å². The summed E-state index contributed by atoms with van der Waals surface area (Å²) in [5, 5.41) is 4.28. The molecule has 0 spiro atoms. The van der Waals surface area contributed by atoms with E-state index in [1.54, 1.807) is 11.3 Å².